The number of fused-ring (bicyclic) bond motifs is 1. The molecule has 41 heavy (non-hydrogen) atoms. The van der Waals surface area contributed by atoms with E-state index in [2.05, 4.69) is 9.62 Å². The van der Waals surface area contributed by atoms with Gasteiger partial charge in [0.15, 0.2) is 5.43 Å². The van der Waals surface area contributed by atoms with E-state index in [1.165, 1.54) is 6.26 Å². The zero-order valence-electron chi connectivity index (χ0n) is 22.5. The van der Waals surface area contributed by atoms with E-state index in [-0.39, 0.29) is 18.0 Å². The van der Waals surface area contributed by atoms with E-state index in [0.717, 1.165) is 24.9 Å². The summed E-state index contributed by atoms with van der Waals surface area (Å²) in [4.78, 5) is 27.9. The first-order chi connectivity index (χ1) is 19.7. The van der Waals surface area contributed by atoms with Crippen molar-refractivity contribution in [2.24, 2.45) is 0 Å². The molecular weight excluding hydrogens is 548 g/mol. The van der Waals surface area contributed by atoms with E-state index >= 15 is 0 Å². The van der Waals surface area contributed by atoms with Crippen molar-refractivity contribution in [2.75, 3.05) is 50.4 Å². The Labute approximate surface area is 237 Å². The Hall–Kier alpha value is -4.19. The molecule has 1 aromatic heterocycles. The van der Waals surface area contributed by atoms with E-state index < -0.39 is 10.0 Å². The Morgan fingerprint density at radius 3 is 2.56 bits per heavy atom. The number of rotatable bonds is 10. The average Bonchev–Trinajstić information content (AvgIpc) is 2.97. The Kier molecular flexibility index (Phi) is 8.67. The standard InChI is InChI=1S/C30H30N2O8S/c1-41(35,36)31-24-7-5-22(6-8-24)27-20-40-28-18-25(9-10-26(28)29(27)33)39-19-21-3-2-4-23(17-21)30(34)38-16-13-32-11-14-37-15-12-32/h2-10,17-18,20,31H,11-16,19H2,1H3. The highest BCUT2D eigenvalue weighted by Gasteiger charge is 2.14. The lowest BCUT2D eigenvalue weighted by Crippen LogP contribution is -2.38. The maximum absolute atomic E-state index is 13.1. The van der Waals surface area contributed by atoms with E-state index in [1.807, 2.05) is 6.07 Å². The lowest BCUT2D eigenvalue weighted by molar-refractivity contribution is 0.0195. The van der Waals surface area contributed by atoms with Crippen molar-refractivity contribution in [1.82, 2.24) is 4.90 Å². The summed E-state index contributed by atoms with van der Waals surface area (Å²) in [5.41, 5.74) is 2.73. The second kappa shape index (κ2) is 12.5. The third-order valence-electron chi connectivity index (χ3n) is 6.56. The fourth-order valence-corrected chi connectivity index (χ4v) is 5.02. The topological polar surface area (TPSA) is 124 Å². The van der Waals surface area contributed by atoms with Gasteiger partial charge in [0.25, 0.3) is 0 Å². The van der Waals surface area contributed by atoms with Crippen molar-refractivity contribution in [3.05, 3.63) is 94.3 Å². The maximum Gasteiger partial charge on any atom is 0.338 e. The summed E-state index contributed by atoms with van der Waals surface area (Å²) < 4.78 is 47.7. The van der Waals surface area contributed by atoms with E-state index in [0.29, 0.717) is 65.5 Å². The van der Waals surface area contributed by atoms with Crippen LogP contribution in [0.1, 0.15) is 15.9 Å². The zero-order valence-corrected chi connectivity index (χ0v) is 23.3. The third-order valence-corrected chi connectivity index (χ3v) is 7.16. The molecule has 0 bridgehead atoms. The molecular formula is C30H30N2O8S. The Balaban J connectivity index is 1.21. The molecule has 0 spiro atoms. The Morgan fingerprint density at radius 2 is 1.80 bits per heavy atom. The first-order valence-corrected chi connectivity index (χ1v) is 15.0. The van der Waals surface area contributed by atoms with Crippen molar-refractivity contribution in [3.63, 3.8) is 0 Å². The van der Waals surface area contributed by atoms with Gasteiger partial charge in [0, 0.05) is 31.4 Å². The van der Waals surface area contributed by atoms with Crippen LogP contribution in [-0.4, -0.2) is 65.0 Å². The molecule has 0 unspecified atom stereocenters. The molecule has 0 atom stereocenters. The maximum atomic E-state index is 13.1. The number of anilines is 1. The normalized spacial score (nSPS) is 14.1. The minimum absolute atomic E-state index is 0.205. The first-order valence-electron chi connectivity index (χ1n) is 13.1. The number of hydrogen-bond donors (Lipinski definition) is 1. The van der Waals surface area contributed by atoms with Crippen molar-refractivity contribution in [3.8, 4) is 16.9 Å². The molecule has 1 N–H and O–H groups in total. The molecule has 3 aromatic carbocycles. The van der Waals surface area contributed by atoms with Crippen LogP contribution < -0.4 is 14.9 Å². The molecule has 0 amide bonds. The van der Waals surface area contributed by atoms with E-state index in [1.54, 1.807) is 60.7 Å². The van der Waals surface area contributed by atoms with Gasteiger partial charge in [-0.3, -0.25) is 14.4 Å². The highest BCUT2D eigenvalue weighted by atomic mass is 32.2. The van der Waals surface area contributed by atoms with Gasteiger partial charge in [-0.15, -0.1) is 0 Å². The van der Waals surface area contributed by atoms with Gasteiger partial charge in [-0.25, -0.2) is 13.2 Å². The smallest absolute Gasteiger partial charge is 0.338 e. The van der Waals surface area contributed by atoms with Crippen LogP contribution in [0.15, 0.2) is 82.2 Å². The van der Waals surface area contributed by atoms with Gasteiger partial charge >= 0.3 is 5.97 Å². The summed E-state index contributed by atoms with van der Waals surface area (Å²) in [6.07, 6.45) is 2.45. The molecule has 11 heteroatoms. The summed E-state index contributed by atoms with van der Waals surface area (Å²) in [6, 6.07) is 18.5. The number of nitrogens with one attached hydrogen (secondary N) is 1. The fraction of sp³-hybridized carbons (Fsp3) is 0.267. The third kappa shape index (κ3) is 7.51. The van der Waals surface area contributed by atoms with Gasteiger partial charge < -0.3 is 18.6 Å². The Morgan fingerprint density at radius 1 is 1.02 bits per heavy atom. The highest BCUT2D eigenvalue weighted by Crippen LogP contribution is 2.25. The second-order valence-electron chi connectivity index (χ2n) is 9.67. The molecule has 4 aromatic rings. The monoisotopic (exact) mass is 578 g/mol. The molecule has 1 aliphatic heterocycles. The summed E-state index contributed by atoms with van der Waals surface area (Å²) in [6.45, 7) is 4.26. The molecule has 5 rings (SSSR count). The predicted molar refractivity (Wildman–Crippen MR) is 155 cm³/mol. The molecule has 0 saturated carbocycles. The quantitative estimate of drug-likeness (QED) is 0.279. The summed E-state index contributed by atoms with van der Waals surface area (Å²) in [5.74, 6) is 0.118. The van der Waals surface area contributed by atoms with Crippen LogP contribution in [0.4, 0.5) is 5.69 Å². The number of carbonyl (C=O) groups is 1. The van der Waals surface area contributed by atoms with E-state index in [9.17, 15) is 18.0 Å². The largest absolute Gasteiger partial charge is 0.489 e. The van der Waals surface area contributed by atoms with Crippen LogP contribution in [0, 0.1) is 0 Å². The number of esters is 1. The fourth-order valence-electron chi connectivity index (χ4n) is 4.46. The molecule has 214 valence electrons. The molecule has 0 radical (unpaired) electrons. The Bertz CT molecular complexity index is 1690. The molecule has 1 fully saturated rings. The number of hydrogen-bond acceptors (Lipinski definition) is 9. The second-order valence-corrected chi connectivity index (χ2v) is 11.4. The number of ether oxygens (including phenoxy) is 3. The van der Waals surface area contributed by atoms with Crippen LogP contribution in [-0.2, 0) is 26.1 Å². The lowest BCUT2D eigenvalue weighted by Gasteiger charge is -2.26. The number of benzene rings is 3. The number of sulfonamides is 1. The van der Waals surface area contributed by atoms with Crippen molar-refractivity contribution in [2.45, 2.75) is 6.61 Å². The minimum atomic E-state index is -3.40. The molecule has 10 nitrogen and oxygen atoms in total. The molecule has 1 saturated heterocycles. The van der Waals surface area contributed by atoms with Crippen LogP contribution >= 0.6 is 0 Å². The van der Waals surface area contributed by atoms with E-state index in [4.69, 9.17) is 18.6 Å². The van der Waals surface area contributed by atoms with Crippen LogP contribution in [0.25, 0.3) is 22.1 Å². The summed E-state index contributed by atoms with van der Waals surface area (Å²) in [5, 5.41) is 0.384. The predicted octanol–water partition coefficient (Wildman–Crippen LogP) is 3.90. The molecule has 0 aliphatic carbocycles. The SMILES string of the molecule is CS(=O)(=O)Nc1ccc(-c2coc3cc(OCc4cccc(C(=O)OCCN5CCOCC5)c4)ccc3c2=O)cc1. The highest BCUT2D eigenvalue weighted by molar-refractivity contribution is 7.92. The van der Waals surface area contributed by atoms with Crippen LogP contribution in [0.2, 0.25) is 0 Å². The van der Waals surface area contributed by atoms with Gasteiger partial charge in [-0.2, -0.15) is 0 Å². The number of nitrogens with zero attached hydrogens (tertiary/aromatic N) is 1. The van der Waals surface area contributed by atoms with Gasteiger partial charge in [0.2, 0.25) is 10.0 Å². The van der Waals surface area contributed by atoms with Crippen LogP contribution in [0.3, 0.4) is 0 Å². The van der Waals surface area contributed by atoms with Crippen molar-refractivity contribution >= 4 is 32.6 Å². The first kappa shape index (κ1) is 28.3. The van der Waals surface area contributed by atoms with Gasteiger partial charge in [-0.05, 0) is 47.5 Å². The summed E-state index contributed by atoms with van der Waals surface area (Å²) in [7, 11) is -3.40. The van der Waals surface area contributed by atoms with Crippen molar-refractivity contribution in [1.29, 1.82) is 0 Å². The van der Waals surface area contributed by atoms with Crippen LogP contribution in [0.5, 0.6) is 5.75 Å². The molecule has 2 heterocycles. The average molecular weight is 579 g/mol. The lowest BCUT2D eigenvalue weighted by atomic mass is 10.1. The zero-order chi connectivity index (χ0) is 28.8. The van der Waals surface area contributed by atoms with Gasteiger partial charge in [0.05, 0.1) is 36.0 Å². The number of morpholine rings is 1. The number of carbonyl (C=O) groups excluding carboxylic acids is 1. The van der Waals surface area contributed by atoms with Gasteiger partial charge in [0.1, 0.15) is 30.8 Å². The minimum Gasteiger partial charge on any atom is -0.489 e. The van der Waals surface area contributed by atoms with Gasteiger partial charge in [-0.1, -0.05) is 24.3 Å². The summed E-state index contributed by atoms with van der Waals surface area (Å²) >= 11 is 0. The molecule has 1 aliphatic rings. The van der Waals surface area contributed by atoms with Crippen molar-refractivity contribution < 1.29 is 31.8 Å².